The summed E-state index contributed by atoms with van der Waals surface area (Å²) in [6, 6.07) is 32.6. The molecule has 6 heteroatoms. The zero-order valence-corrected chi connectivity index (χ0v) is 22.3. The van der Waals surface area contributed by atoms with Gasteiger partial charge in [-0.15, -0.1) is 0 Å². The summed E-state index contributed by atoms with van der Waals surface area (Å²) in [6.07, 6.45) is 0. The van der Waals surface area contributed by atoms with Crippen molar-refractivity contribution in [3.05, 3.63) is 143 Å². The Bertz CT molecular complexity index is 1240. The highest BCUT2D eigenvalue weighted by atomic mass is 16.2. The van der Waals surface area contributed by atoms with Crippen molar-refractivity contribution < 1.29 is 14.4 Å². The molecule has 0 aliphatic rings. The van der Waals surface area contributed by atoms with E-state index in [9.17, 15) is 14.4 Å². The second-order valence-corrected chi connectivity index (χ2v) is 9.62. The molecule has 4 aromatic rings. The number of nitrogens with one attached hydrogen (secondary N) is 3. The van der Waals surface area contributed by atoms with Crippen LogP contribution in [-0.2, 0) is 0 Å². The summed E-state index contributed by atoms with van der Waals surface area (Å²) >= 11 is 0. The van der Waals surface area contributed by atoms with Crippen molar-refractivity contribution in [1.29, 1.82) is 0 Å². The molecule has 0 fully saturated rings. The molecule has 3 amide bonds. The molecule has 3 atom stereocenters. The number of rotatable bonds is 9. The lowest BCUT2D eigenvalue weighted by Gasteiger charge is -2.18. The van der Waals surface area contributed by atoms with E-state index in [2.05, 4.69) is 16.0 Å². The maximum absolute atomic E-state index is 13.3. The molecule has 0 spiro atoms. The van der Waals surface area contributed by atoms with Crippen LogP contribution in [0, 0.1) is 0 Å². The second kappa shape index (κ2) is 12.7. The molecule has 198 valence electrons. The standard InChI is InChI=1S/C33H33N3O3/c1-22(25-13-7-4-8-14-25)34-31(37)28-19-29(32(38)35-23(2)26-15-9-5-10-16-26)21-30(20-28)33(39)36-24(3)27-17-11-6-12-18-27/h4-24H,1-3H3,(H,34,37)(H,35,38)(H,36,39). The molecular formula is C33H33N3O3. The molecule has 0 aromatic heterocycles. The summed E-state index contributed by atoms with van der Waals surface area (Å²) in [5, 5.41) is 8.93. The average Bonchev–Trinajstić information content (AvgIpc) is 2.98. The molecule has 0 aliphatic carbocycles. The number of amides is 3. The summed E-state index contributed by atoms with van der Waals surface area (Å²) in [5.74, 6) is -1.12. The summed E-state index contributed by atoms with van der Waals surface area (Å²) in [4.78, 5) is 39.9. The van der Waals surface area contributed by atoms with Crippen molar-refractivity contribution in [2.45, 2.75) is 38.9 Å². The second-order valence-electron chi connectivity index (χ2n) is 9.62. The van der Waals surface area contributed by atoms with Gasteiger partial charge in [-0.3, -0.25) is 14.4 Å². The first kappa shape index (κ1) is 27.3. The lowest BCUT2D eigenvalue weighted by Crippen LogP contribution is -2.31. The van der Waals surface area contributed by atoms with Crippen molar-refractivity contribution in [3.63, 3.8) is 0 Å². The van der Waals surface area contributed by atoms with E-state index in [1.165, 1.54) is 18.2 Å². The Morgan fingerprint density at radius 3 is 0.897 bits per heavy atom. The summed E-state index contributed by atoms with van der Waals surface area (Å²) in [6.45, 7) is 5.67. The maximum Gasteiger partial charge on any atom is 0.251 e. The average molecular weight is 520 g/mol. The number of benzene rings is 4. The Morgan fingerprint density at radius 1 is 0.436 bits per heavy atom. The normalized spacial score (nSPS) is 13.0. The monoisotopic (exact) mass is 519 g/mol. The fourth-order valence-corrected chi connectivity index (χ4v) is 4.34. The van der Waals surface area contributed by atoms with Gasteiger partial charge >= 0.3 is 0 Å². The van der Waals surface area contributed by atoms with Crippen LogP contribution < -0.4 is 16.0 Å². The lowest BCUT2D eigenvalue weighted by atomic mass is 10.0. The number of carbonyl (C=O) groups is 3. The Labute approximate surface area is 229 Å². The van der Waals surface area contributed by atoms with Crippen LogP contribution in [0.5, 0.6) is 0 Å². The highest BCUT2D eigenvalue weighted by Gasteiger charge is 2.20. The molecule has 4 aromatic carbocycles. The molecule has 0 saturated carbocycles. The van der Waals surface area contributed by atoms with Gasteiger partial charge < -0.3 is 16.0 Å². The number of hydrogen-bond donors (Lipinski definition) is 3. The molecule has 0 heterocycles. The van der Waals surface area contributed by atoms with Gasteiger partial charge in [-0.1, -0.05) is 91.0 Å². The fourth-order valence-electron chi connectivity index (χ4n) is 4.34. The van der Waals surface area contributed by atoms with Gasteiger partial charge in [0.05, 0.1) is 18.1 Å². The Morgan fingerprint density at radius 2 is 0.667 bits per heavy atom. The van der Waals surface area contributed by atoms with E-state index in [-0.39, 0.29) is 52.5 Å². The van der Waals surface area contributed by atoms with Crippen molar-refractivity contribution in [3.8, 4) is 0 Å². The largest absolute Gasteiger partial charge is 0.346 e. The van der Waals surface area contributed by atoms with Gasteiger partial charge in [0.15, 0.2) is 0 Å². The third-order valence-corrected chi connectivity index (χ3v) is 6.66. The smallest absolute Gasteiger partial charge is 0.251 e. The summed E-state index contributed by atoms with van der Waals surface area (Å²) in [5.41, 5.74) is 3.55. The summed E-state index contributed by atoms with van der Waals surface area (Å²) < 4.78 is 0. The summed E-state index contributed by atoms with van der Waals surface area (Å²) in [7, 11) is 0. The first-order valence-corrected chi connectivity index (χ1v) is 13.0. The molecule has 3 N–H and O–H groups in total. The van der Waals surface area contributed by atoms with E-state index in [0.29, 0.717) is 0 Å². The quantitative estimate of drug-likeness (QED) is 0.248. The fraction of sp³-hybridized carbons (Fsp3) is 0.182. The van der Waals surface area contributed by atoms with E-state index in [1.54, 1.807) is 0 Å². The van der Waals surface area contributed by atoms with Gasteiger partial charge in [0.1, 0.15) is 0 Å². The van der Waals surface area contributed by atoms with Gasteiger partial charge in [0.2, 0.25) is 0 Å². The molecule has 0 radical (unpaired) electrons. The van der Waals surface area contributed by atoms with Crippen LogP contribution >= 0.6 is 0 Å². The molecular weight excluding hydrogens is 486 g/mol. The van der Waals surface area contributed by atoms with E-state index >= 15 is 0 Å². The van der Waals surface area contributed by atoms with Crippen molar-refractivity contribution in [2.24, 2.45) is 0 Å². The molecule has 3 unspecified atom stereocenters. The molecule has 0 bridgehead atoms. The van der Waals surface area contributed by atoms with Crippen LogP contribution in [0.2, 0.25) is 0 Å². The Kier molecular flexibility index (Phi) is 8.90. The predicted molar refractivity (Wildman–Crippen MR) is 153 cm³/mol. The lowest BCUT2D eigenvalue weighted by molar-refractivity contribution is 0.0939. The third-order valence-electron chi connectivity index (χ3n) is 6.66. The zero-order valence-electron chi connectivity index (χ0n) is 22.3. The number of hydrogen-bond acceptors (Lipinski definition) is 3. The molecule has 0 saturated heterocycles. The van der Waals surface area contributed by atoms with E-state index in [0.717, 1.165) is 16.7 Å². The van der Waals surface area contributed by atoms with E-state index in [4.69, 9.17) is 0 Å². The van der Waals surface area contributed by atoms with Crippen LogP contribution in [0.1, 0.15) is 86.7 Å². The van der Waals surface area contributed by atoms with Gasteiger partial charge in [-0.25, -0.2) is 0 Å². The zero-order chi connectivity index (χ0) is 27.8. The molecule has 4 rings (SSSR count). The van der Waals surface area contributed by atoms with Crippen LogP contribution in [-0.4, -0.2) is 17.7 Å². The molecule has 6 nitrogen and oxygen atoms in total. The SMILES string of the molecule is CC(NC(=O)c1cc(C(=O)NC(C)c2ccccc2)cc(C(=O)NC(C)c2ccccc2)c1)c1ccccc1. The van der Waals surface area contributed by atoms with Crippen LogP contribution in [0.4, 0.5) is 0 Å². The van der Waals surface area contributed by atoms with Crippen molar-refractivity contribution in [2.75, 3.05) is 0 Å². The Balaban J connectivity index is 1.60. The van der Waals surface area contributed by atoms with Crippen LogP contribution in [0.3, 0.4) is 0 Å². The molecule has 39 heavy (non-hydrogen) atoms. The highest BCUT2D eigenvalue weighted by molar-refractivity contribution is 6.04. The van der Waals surface area contributed by atoms with E-state index in [1.807, 2.05) is 112 Å². The van der Waals surface area contributed by atoms with Gasteiger partial charge in [-0.05, 0) is 55.7 Å². The minimum atomic E-state index is -0.373. The van der Waals surface area contributed by atoms with E-state index < -0.39 is 0 Å². The Hall–Kier alpha value is -4.71. The topological polar surface area (TPSA) is 87.3 Å². The minimum absolute atomic E-state index is 0.232. The predicted octanol–water partition coefficient (Wildman–Crippen LogP) is 6.16. The number of carbonyl (C=O) groups excluding carboxylic acids is 3. The highest BCUT2D eigenvalue weighted by Crippen LogP contribution is 2.19. The maximum atomic E-state index is 13.3. The first-order valence-electron chi connectivity index (χ1n) is 13.0. The van der Waals surface area contributed by atoms with Crippen LogP contribution in [0.25, 0.3) is 0 Å². The third kappa shape index (κ3) is 7.20. The van der Waals surface area contributed by atoms with Gasteiger partial charge in [0.25, 0.3) is 17.7 Å². The van der Waals surface area contributed by atoms with Gasteiger partial charge in [-0.2, -0.15) is 0 Å². The van der Waals surface area contributed by atoms with Crippen molar-refractivity contribution in [1.82, 2.24) is 16.0 Å². The van der Waals surface area contributed by atoms with Gasteiger partial charge in [0, 0.05) is 16.7 Å². The van der Waals surface area contributed by atoms with Crippen molar-refractivity contribution >= 4 is 17.7 Å². The molecule has 0 aliphatic heterocycles. The van der Waals surface area contributed by atoms with Crippen LogP contribution in [0.15, 0.2) is 109 Å². The minimum Gasteiger partial charge on any atom is -0.346 e. The first-order chi connectivity index (χ1) is 18.8.